The van der Waals surface area contributed by atoms with Gasteiger partial charge in [0, 0.05) is 5.56 Å². The van der Waals surface area contributed by atoms with Crippen molar-refractivity contribution in [1.82, 2.24) is 0 Å². The number of phenolic OH excluding ortho intramolecular Hbond substituents is 2. The first-order valence-electron chi connectivity index (χ1n) is 6.26. The third-order valence-electron chi connectivity index (χ3n) is 3.04. The number of fused-ring (bicyclic) bond motifs is 1. The Labute approximate surface area is 135 Å². The predicted molar refractivity (Wildman–Crippen MR) is 84.9 cm³/mol. The van der Waals surface area contributed by atoms with E-state index in [2.05, 4.69) is 0 Å². The molecule has 2 aromatic rings. The number of hydrogen-bond acceptors (Lipinski definition) is 6. The first-order chi connectivity index (χ1) is 10.6. The number of carbonyl (C=O) groups is 1. The first-order valence-corrected chi connectivity index (χ1v) is 7.90. The fourth-order valence-corrected chi connectivity index (χ4v) is 4.48. The average molecular weight is 327 g/mol. The van der Waals surface area contributed by atoms with Gasteiger partial charge in [-0.3, -0.25) is 4.79 Å². The van der Waals surface area contributed by atoms with Crippen molar-refractivity contribution in [3.05, 3.63) is 57.8 Å². The summed E-state index contributed by atoms with van der Waals surface area (Å²) in [5.41, 5.74) is 0.438. The maximum Gasteiger partial charge on any atom is 0.205 e. The number of thioether (sulfide) groups is 2. The largest absolute Gasteiger partial charge is 0.507 e. The highest BCUT2D eigenvalue weighted by atomic mass is 32.2. The van der Waals surface area contributed by atoms with E-state index in [0.29, 0.717) is 19.6 Å². The zero-order chi connectivity index (χ0) is 15.7. The molecule has 22 heavy (non-hydrogen) atoms. The van der Waals surface area contributed by atoms with Crippen molar-refractivity contribution in [3.8, 4) is 17.6 Å². The van der Waals surface area contributed by atoms with E-state index in [9.17, 15) is 20.3 Å². The Morgan fingerprint density at radius 2 is 1.50 bits per heavy atom. The average Bonchev–Trinajstić information content (AvgIpc) is 2.99. The molecule has 0 bridgehead atoms. The van der Waals surface area contributed by atoms with Crippen LogP contribution in [0.15, 0.2) is 62.1 Å². The second kappa shape index (κ2) is 5.79. The number of hydrogen-bond donors (Lipinski definition) is 2. The van der Waals surface area contributed by atoms with E-state index in [-0.39, 0.29) is 22.9 Å². The van der Waals surface area contributed by atoms with Gasteiger partial charge in [-0.25, -0.2) is 0 Å². The molecule has 108 valence electrons. The summed E-state index contributed by atoms with van der Waals surface area (Å²) in [4.78, 5) is 13.4. The number of rotatable bonds is 2. The molecule has 6 heteroatoms. The third-order valence-corrected chi connectivity index (χ3v) is 5.68. The van der Waals surface area contributed by atoms with Gasteiger partial charge in [0.15, 0.2) is 0 Å². The molecule has 0 unspecified atom stereocenters. The summed E-state index contributed by atoms with van der Waals surface area (Å²) in [5.74, 6) is -0.334. The molecule has 0 spiro atoms. The summed E-state index contributed by atoms with van der Waals surface area (Å²) in [5, 5.41) is 29.1. The molecule has 2 N–H and O–H groups in total. The van der Waals surface area contributed by atoms with Crippen LogP contribution in [0.5, 0.6) is 11.5 Å². The van der Waals surface area contributed by atoms with Crippen LogP contribution in [0.1, 0.15) is 10.4 Å². The zero-order valence-electron chi connectivity index (χ0n) is 11.1. The summed E-state index contributed by atoms with van der Waals surface area (Å²) in [6.07, 6.45) is 0. The molecule has 2 aromatic carbocycles. The van der Waals surface area contributed by atoms with Gasteiger partial charge in [-0.1, -0.05) is 53.9 Å². The fraction of sp³-hybridized carbons (Fsp3) is 0. The van der Waals surface area contributed by atoms with E-state index in [1.807, 2.05) is 6.07 Å². The number of phenols is 2. The van der Waals surface area contributed by atoms with E-state index in [1.165, 1.54) is 12.1 Å². The standard InChI is InChI=1S/C16H9NO3S2/c17-8-10(13(20)9-4-2-1-3-5-9)16-21-14-11(18)6-7-12(19)15(14)22-16/h1-7,18-19H. The predicted octanol–water partition coefficient (Wildman–Crippen LogP) is 3.91. The molecule has 1 heterocycles. The zero-order valence-corrected chi connectivity index (χ0v) is 12.7. The van der Waals surface area contributed by atoms with Crippen molar-refractivity contribution in [2.75, 3.05) is 0 Å². The van der Waals surface area contributed by atoms with Crippen LogP contribution in [-0.2, 0) is 0 Å². The van der Waals surface area contributed by atoms with E-state index in [1.54, 1.807) is 30.3 Å². The van der Waals surface area contributed by atoms with Crippen LogP contribution in [0.2, 0.25) is 0 Å². The molecule has 0 atom stereocenters. The fourth-order valence-electron chi connectivity index (χ4n) is 1.97. The Kier molecular flexibility index (Phi) is 3.84. The van der Waals surface area contributed by atoms with E-state index < -0.39 is 0 Å². The highest BCUT2D eigenvalue weighted by Gasteiger charge is 2.29. The molecule has 1 aliphatic heterocycles. The lowest BCUT2D eigenvalue weighted by atomic mass is 10.1. The maximum atomic E-state index is 12.5. The summed E-state index contributed by atoms with van der Waals surface area (Å²) in [6.45, 7) is 0. The monoisotopic (exact) mass is 327 g/mol. The number of nitriles is 1. The number of ketones is 1. The summed E-state index contributed by atoms with van der Waals surface area (Å²) in [7, 11) is 0. The number of allylic oxidation sites excluding steroid dienone is 1. The van der Waals surface area contributed by atoms with Crippen LogP contribution < -0.4 is 0 Å². The first kappa shape index (κ1) is 14.6. The van der Waals surface area contributed by atoms with Crippen molar-refractivity contribution in [3.63, 3.8) is 0 Å². The van der Waals surface area contributed by atoms with Gasteiger partial charge in [-0.15, -0.1) is 0 Å². The Morgan fingerprint density at radius 3 is 2.00 bits per heavy atom. The Balaban J connectivity index is 2.04. The molecule has 0 aromatic heterocycles. The SMILES string of the molecule is N#CC(C(=O)c1ccccc1)=C1Sc2c(O)ccc(O)c2S1. The molecule has 0 fully saturated rings. The molecule has 0 saturated carbocycles. The third kappa shape index (κ3) is 2.45. The Bertz CT molecular complexity index is 805. The Morgan fingerprint density at radius 1 is 0.955 bits per heavy atom. The molecular weight excluding hydrogens is 318 g/mol. The van der Waals surface area contributed by atoms with Crippen LogP contribution >= 0.6 is 23.5 Å². The van der Waals surface area contributed by atoms with Gasteiger partial charge in [0.2, 0.25) is 5.78 Å². The lowest BCUT2D eigenvalue weighted by molar-refractivity contribution is 0.103. The molecule has 0 aliphatic carbocycles. The van der Waals surface area contributed by atoms with Crippen molar-refractivity contribution in [1.29, 1.82) is 5.26 Å². The van der Waals surface area contributed by atoms with Gasteiger partial charge in [0.05, 0.1) is 14.0 Å². The van der Waals surface area contributed by atoms with E-state index in [0.717, 1.165) is 23.5 Å². The smallest absolute Gasteiger partial charge is 0.205 e. The van der Waals surface area contributed by atoms with Gasteiger partial charge in [-0.05, 0) is 12.1 Å². The molecule has 0 saturated heterocycles. The topological polar surface area (TPSA) is 81.3 Å². The molecule has 4 nitrogen and oxygen atoms in total. The second-order valence-electron chi connectivity index (χ2n) is 4.44. The molecule has 3 rings (SSSR count). The maximum absolute atomic E-state index is 12.5. The van der Waals surface area contributed by atoms with Crippen molar-refractivity contribution >= 4 is 29.3 Å². The van der Waals surface area contributed by atoms with Crippen LogP contribution in [-0.4, -0.2) is 16.0 Å². The highest BCUT2D eigenvalue weighted by molar-refractivity contribution is 8.24. The number of aromatic hydroxyl groups is 2. The normalized spacial score (nSPS) is 12.6. The summed E-state index contributed by atoms with van der Waals surface area (Å²) < 4.78 is 0.461. The molecule has 0 radical (unpaired) electrons. The van der Waals surface area contributed by atoms with Crippen molar-refractivity contribution in [2.45, 2.75) is 9.79 Å². The van der Waals surface area contributed by atoms with E-state index >= 15 is 0 Å². The molecule has 0 amide bonds. The summed E-state index contributed by atoms with van der Waals surface area (Å²) in [6, 6.07) is 13.3. The minimum Gasteiger partial charge on any atom is -0.507 e. The molecular formula is C16H9NO3S2. The van der Waals surface area contributed by atoms with Crippen LogP contribution in [0.4, 0.5) is 0 Å². The minimum absolute atomic E-state index is 0.0104. The summed E-state index contributed by atoms with van der Waals surface area (Å²) >= 11 is 2.24. The van der Waals surface area contributed by atoms with Gasteiger partial charge in [-0.2, -0.15) is 5.26 Å². The highest BCUT2D eigenvalue weighted by Crippen LogP contribution is 2.58. The van der Waals surface area contributed by atoms with Gasteiger partial charge in [0.25, 0.3) is 0 Å². The lowest BCUT2D eigenvalue weighted by Gasteiger charge is -2.01. The van der Waals surface area contributed by atoms with Gasteiger partial charge >= 0.3 is 0 Å². The Hall–Kier alpha value is -2.36. The van der Waals surface area contributed by atoms with Gasteiger partial charge < -0.3 is 10.2 Å². The minimum atomic E-state index is -0.370. The van der Waals surface area contributed by atoms with Crippen LogP contribution in [0.25, 0.3) is 0 Å². The van der Waals surface area contributed by atoms with Crippen molar-refractivity contribution in [2.24, 2.45) is 0 Å². The number of nitrogens with zero attached hydrogens (tertiary/aromatic N) is 1. The molecule has 1 aliphatic rings. The number of carbonyl (C=O) groups excluding carboxylic acids is 1. The van der Waals surface area contributed by atoms with E-state index in [4.69, 9.17) is 0 Å². The van der Waals surface area contributed by atoms with Crippen LogP contribution in [0.3, 0.4) is 0 Å². The quantitative estimate of drug-likeness (QED) is 0.377. The second-order valence-corrected chi connectivity index (χ2v) is 6.74. The lowest BCUT2D eigenvalue weighted by Crippen LogP contribution is -2.02. The van der Waals surface area contributed by atoms with Crippen LogP contribution in [0, 0.1) is 11.3 Å². The number of Topliss-reactive ketones (excluding diaryl/α,β-unsaturated/α-hetero) is 1. The number of benzene rings is 2. The van der Waals surface area contributed by atoms with Gasteiger partial charge in [0.1, 0.15) is 23.1 Å². The van der Waals surface area contributed by atoms with Crippen molar-refractivity contribution < 1.29 is 15.0 Å².